The molecule has 60 heavy (non-hydrogen) atoms. The van der Waals surface area contributed by atoms with Gasteiger partial charge in [0.25, 0.3) is 0 Å². The molecule has 9 rings (SSSR count). The van der Waals surface area contributed by atoms with E-state index < -0.39 is 0 Å². The van der Waals surface area contributed by atoms with Gasteiger partial charge in [-0.1, -0.05) is 182 Å². The number of nitrogens with zero attached hydrogens (tertiary/aromatic N) is 4. The van der Waals surface area contributed by atoms with Crippen molar-refractivity contribution in [2.45, 2.75) is 50.1 Å². The van der Waals surface area contributed by atoms with E-state index in [0.717, 1.165) is 44.8 Å². The summed E-state index contributed by atoms with van der Waals surface area (Å²) in [6.45, 7) is 1.34. The van der Waals surface area contributed by atoms with Crippen LogP contribution in [0.15, 0.2) is 194 Å². The van der Waals surface area contributed by atoms with Crippen molar-refractivity contribution in [1.82, 2.24) is 19.9 Å². The van der Waals surface area contributed by atoms with Crippen molar-refractivity contribution in [2.24, 2.45) is 0 Å². The number of aromatic nitrogens is 4. The standard InChI is InChI=1S/C52H44N4O4/c1-7-19-37(20-8-1)33-57-45-31-43(53-51(55-45)59-35-39-23-11-3-12-24-39)49-47(41-27-15-5-16-28-41)50(48(49)42-29-17-6-18-30-42)44-32-46(58-34-38-21-9-2-10-22-38)56-52(54-44)60-36-40-25-13-4-14-26-40/h1-32,47-50H,33-36H2. The van der Waals surface area contributed by atoms with Gasteiger partial charge in [-0.05, 0) is 33.4 Å². The van der Waals surface area contributed by atoms with E-state index in [1.807, 2.05) is 146 Å². The Bertz CT molecular complexity index is 2250. The predicted molar refractivity (Wildman–Crippen MR) is 231 cm³/mol. The molecule has 8 nitrogen and oxygen atoms in total. The smallest absolute Gasteiger partial charge is 0.320 e. The zero-order valence-corrected chi connectivity index (χ0v) is 33.0. The molecule has 8 heteroatoms. The van der Waals surface area contributed by atoms with Crippen molar-refractivity contribution in [3.63, 3.8) is 0 Å². The normalized spacial score (nSPS) is 16.9. The van der Waals surface area contributed by atoms with Crippen molar-refractivity contribution in [2.75, 3.05) is 0 Å². The third kappa shape index (κ3) is 9.19. The van der Waals surface area contributed by atoms with Crippen molar-refractivity contribution in [3.8, 4) is 23.8 Å². The Morgan fingerprint density at radius 3 is 0.900 bits per heavy atom. The zero-order valence-electron chi connectivity index (χ0n) is 33.0. The van der Waals surface area contributed by atoms with Crippen LogP contribution >= 0.6 is 0 Å². The molecule has 0 spiro atoms. The average Bonchev–Trinajstić information content (AvgIpc) is 3.30. The number of hydrogen-bond donors (Lipinski definition) is 0. The first-order chi connectivity index (χ1) is 29.7. The summed E-state index contributed by atoms with van der Waals surface area (Å²) in [4.78, 5) is 19.9. The summed E-state index contributed by atoms with van der Waals surface area (Å²) in [5.74, 6) is 0.549. The molecule has 0 N–H and O–H groups in total. The van der Waals surface area contributed by atoms with Gasteiger partial charge in [0.05, 0.1) is 11.4 Å². The van der Waals surface area contributed by atoms with Gasteiger partial charge in [-0.2, -0.15) is 19.9 Å². The quantitative estimate of drug-likeness (QED) is 0.0956. The van der Waals surface area contributed by atoms with E-state index in [9.17, 15) is 0 Å². The number of hydrogen-bond acceptors (Lipinski definition) is 8. The second-order valence-electron chi connectivity index (χ2n) is 14.8. The Morgan fingerprint density at radius 1 is 0.300 bits per heavy atom. The molecule has 0 unspecified atom stereocenters. The maximum absolute atomic E-state index is 6.41. The van der Waals surface area contributed by atoms with Crippen molar-refractivity contribution >= 4 is 0 Å². The van der Waals surface area contributed by atoms with Crippen LogP contribution in [0.2, 0.25) is 0 Å². The third-order valence-corrected chi connectivity index (χ3v) is 10.9. The molecular formula is C52H44N4O4. The molecule has 2 heterocycles. The van der Waals surface area contributed by atoms with Gasteiger partial charge in [0, 0.05) is 35.8 Å². The summed E-state index contributed by atoms with van der Waals surface area (Å²) in [6, 6.07) is 65.9. The predicted octanol–water partition coefficient (Wildman–Crippen LogP) is 11.0. The Labute approximate surface area is 350 Å². The summed E-state index contributed by atoms with van der Waals surface area (Å²) < 4.78 is 25.5. The Hall–Kier alpha value is -7.32. The lowest BCUT2D eigenvalue weighted by Gasteiger charge is -2.52. The minimum absolute atomic E-state index is 0.0610. The number of rotatable bonds is 16. The Morgan fingerprint density at radius 2 is 0.583 bits per heavy atom. The van der Waals surface area contributed by atoms with E-state index in [-0.39, 0.29) is 35.7 Å². The van der Waals surface area contributed by atoms with Gasteiger partial charge < -0.3 is 18.9 Å². The highest BCUT2D eigenvalue weighted by Gasteiger charge is 2.54. The average molecular weight is 789 g/mol. The van der Waals surface area contributed by atoms with Gasteiger partial charge in [0.2, 0.25) is 11.8 Å². The van der Waals surface area contributed by atoms with Crippen molar-refractivity contribution in [1.29, 1.82) is 0 Å². The maximum atomic E-state index is 6.41. The van der Waals surface area contributed by atoms with E-state index in [1.54, 1.807) is 0 Å². The molecule has 1 saturated carbocycles. The van der Waals surface area contributed by atoms with Crippen LogP contribution in [0.4, 0.5) is 0 Å². The number of benzene rings is 6. The molecular weight excluding hydrogens is 745 g/mol. The minimum Gasteiger partial charge on any atom is -0.473 e. The van der Waals surface area contributed by atoms with Crippen LogP contribution in [-0.2, 0) is 26.4 Å². The second kappa shape index (κ2) is 18.5. The lowest BCUT2D eigenvalue weighted by Crippen LogP contribution is -2.41. The zero-order chi connectivity index (χ0) is 40.4. The van der Waals surface area contributed by atoms with Crippen LogP contribution in [0, 0.1) is 0 Å². The minimum atomic E-state index is -0.113. The largest absolute Gasteiger partial charge is 0.473 e. The summed E-state index contributed by atoms with van der Waals surface area (Å²) in [7, 11) is 0. The Kier molecular flexibility index (Phi) is 11.8. The molecule has 1 fully saturated rings. The first-order valence-electron chi connectivity index (χ1n) is 20.3. The molecule has 1 aliphatic rings. The van der Waals surface area contributed by atoms with E-state index >= 15 is 0 Å². The second-order valence-corrected chi connectivity index (χ2v) is 14.8. The molecule has 6 aromatic carbocycles. The molecule has 0 atom stereocenters. The lowest BCUT2D eigenvalue weighted by atomic mass is 9.50. The fourth-order valence-electron chi connectivity index (χ4n) is 8.03. The molecule has 8 aromatic rings. The van der Waals surface area contributed by atoms with Crippen LogP contribution in [0.25, 0.3) is 0 Å². The highest BCUT2D eigenvalue weighted by Crippen LogP contribution is 2.66. The topological polar surface area (TPSA) is 88.5 Å². The molecule has 296 valence electrons. The highest BCUT2D eigenvalue weighted by atomic mass is 16.5. The van der Waals surface area contributed by atoms with Crippen molar-refractivity contribution < 1.29 is 18.9 Å². The summed E-state index contributed by atoms with van der Waals surface area (Å²) in [5.41, 5.74) is 8.09. The van der Waals surface area contributed by atoms with Crippen LogP contribution < -0.4 is 18.9 Å². The third-order valence-electron chi connectivity index (χ3n) is 10.9. The SMILES string of the molecule is c1ccc(COc2cc(C3C(c4ccccc4)C(c4cc(OCc5ccccc5)nc(OCc5ccccc5)n4)C3c3ccccc3)nc(OCc3ccccc3)n2)cc1. The Balaban J connectivity index is 1.14. The summed E-state index contributed by atoms with van der Waals surface area (Å²) >= 11 is 0. The van der Waals surface area contributed by atoms with E-state index in [0.29, 0.717) is 38.2 Å². The van der Waals surface area contributed by atoms with Crippen LogP contribution in [-0.4, -0.2) is 19.9 Å². The summed E-state index contributed by atoms with van der Waals surface area (Å²) in [6.07, 6.45) is 0. The van der Waals surface area contributed by atoms with E-state index in [4.69, 9.17) is 38.9 Å². The molecule has 0 bridgehead atoms. The fourth-order valence-corrected chi connectivity index (χ4v) is 8.03. The van der Waals surface area contributed by atoms with Gasteiger partial charge in [0.15, 0.2) is 0 Å². The van der Waals surface area contributed by atoms with Crippen molar-refractivity contribution in [3.05, 3.63) is 239 Å². The van der Waals surface area contributed by atoms with Gasteiger partial charge in [-0.25, -0.2) is 0 Å². The van der Waals surface area contributed by atoms with E-state index in [1.165, 1.54) is 0 Å². The lowest BCUT2D eigenvalue weighted by molar-refractivity contribution is 0.205. The molecule has 0 radical (unpaired) electrons. The molecule has 2 aromatic heterocycles. The van der Waals surface area contributed by atoms with Crippen LogP contribution in [0.1, 0.15) is 68.4 Å². The molecule has 0 saturated heterocycles. The first-order valence-corrected chi connectivity index (χ1v) is 20.3. The molecule has 0 amide bonds. The first kappa shape index (κ1) is 38.2. The summed E-state index contributed by atoms with van der Waals surface area (Å²) in [5, 5.41) is 0. The molecule has 0 aliphatic heterocycles. The van der Waals surface area contributed by atoms with Crippen LogP contribution in [0.5, 0.6) is 23.8 Å². The molecule has 1 aliphatic carbocycles. The van der Waals surface area contributed by atoms with E-state index in [2.05, 4.69) is 48.5 Å². The van der Waals surface area contributed by atoms with Gasteiger partial charge in [-0.15, -0.1) is 0 Å². The number of ether oxygens (including phenoxy) is 4. The fraction of sp³-hybridized carbons (Fsp3) is 0.154. The monoisotopic (exact) mass is 788 g/mol. The van der Waals surface area contributed by atoms with Gasteiger partial charge in [-0.3, -0.25) is 0 Å². The van der Waals surface area contributed by atoms with Gasteiger partial charge >= 0.3 is 12.0 Å². The van der Waals surface area contributed by atoms with Crippen LogP contribution in [0.3, 0.4) is 0 Å². The maximum Gasteiger partial charge on any atom is 0.320 e. The highest BCUT2D eigenvalue weighted by molar-refractivity contribution is 5.47. The van der Waals surface area contributed by atoms with Gasteiger partial charge in [0.1, 0.15) is 26.4 Å².